The summed E-state index contributed by atoms with van der Waals surface area (Å²) in [7, 11) is 0. The quantitative estimate of drug-likeness (QED) is 0.294. The standard InChI is InChI=1S/C28H34N2O2S.CH4/c1-22-27(21-33-20-26(31)12-8-11-23-9-4-2-5-10-23)29-28(32-22)25-15-13-24(14-16-25)19-30-17-6-3-7-18-30;/h2,4-5,9-10,13-16H,3,6-8,11-12,17-21H2,1H3;1H4. The highest BCUT2D eigenvalue weighted by Crippen LogP contribution is 2.25. The maximum atomic E-state index is 12.2. The summed E-state index contributed by atoms with van der Waals surface area (Å²) in [5.41, 5.74) is 4.58. The van der Waals surface area contributed by atoms with E-state index >= 15 is 0 Å². The minimum Gasteiger partial charge on any atom is -0.441 e. The van der Waals surface area contributed by atoms with Crippen molar-refractivity contribution in [2.45, 2.75) is 65.2 Å². The molecule has 0 saturated carbocycles. The van der Waals surface area contributed by atoms with Crippen molar-refractivity contribution < 1.29 is 9.21 Å². The van der Waals surface area contributed by atoms with Gasteiger partial charge in [-0.05, 0) is 69.0 Å². The summed E-state index contributed by atoms with van der Waals surface area (Å²) < 4.78 is 5.94. The molecular formula is C29H38N2O2S. The van der Waals surface area contributed by atoms with Gasteiger partial charge in [-0.2, -0.15) is 0 Å². The van der Waals surface area contributed by atoms with Crippen molar-refractivity contribution in [3.63, 3.8) is 0 Å². The van der Waals surface area contributed by atoms with Crippen molar-refractivity contribution in [2.75, 3.05) is 18.8 Å². The summed E-state index contributed by atoms with van der Waals surface area (Å²) in [6, 6.07) is 18.9. The van der Waals surface area contributed by atoms with E-state index in [-0.39, 0.29) is 7.43 Å². The lowest BCUT2D eigenvalue weighted by Crippen LogP contribution is -2.28. The van der Waals surface area contributed by atoms with E-state index in [0.717, 1.165) is 36.4 Å². The molecule has 182 valence electrons. The topological polar surface area (TPSA) is 46.3 Å². The van der Waals surface area contributed by atoms with Crippen LogP contribution in [-0.2, 0) is 23.5 Å². The van der Waals surface area contributed by atoms with E-state index in [4.69, 9.17) is 9.40 Å². The number of piperidine rings is 1. The molecule has 1 fully saturated rings. The van der Waals surface area contributed by atoms with Crippen molar-refractivity contribution in [3.8, 4) is 11.5 Å². The first-order valence-electron chi connectivity index (χ1n) is 12.1. The van der Waals surface area contributed by atoms with Crippen molar-refractivity contribution in [3.05, 3.63) is 77.2 Å². The van der Waals surface area contributed by atoms with Gasteiger partial charge in [0, 0.05) is 24.3 Å². The first kappa shape index (κ1) is 26.2. The van der Waals surface area contributed by atoms with Crippen LogP contribution in [-0.4, -0.2) is 34.5 Å². The second-order valence-corrected chi connectivity index (χ2v) is 9.91. The van der Waals surface area contributed by atoms with Gasteiger partial charge in [-0.15, -0.1) is 11.8 Å². The number of carbonyl (C=O) groups is 1. The van der Waals surface area contributed by atoms with Gasteiger partial charge in [0.2, 0.25) is 5.89 Å². The van der Waals surface area contributed by atoms with Crippen LogP contribution in [0.15, 0.2) is 59.0 Å². The van der Waals surface area contributed by atoms with E-state index < -0.39 is 0 Å². The maximum Gasteiger partial charge on any atom is 0.226 e. The zero-order chi connectivity index (χ0) is 22.9. The van der Waals surface area contributed by atoms with Crippen LogP contribution in [0.5, 0.6) is 0 Å². The number of nitrogens with zero attached hydrogens (tertiary/aromatic N) is 2. The van der Waals surface area contributed by atoms with Crippen LogP contribution < -0.4 is 0 Å². The Kier molecular flexibility index (Phi) is 10.4. The molecule has 5 heteroatoms. The van der Waals surface area contributed by atoms with Crippen LogP contribution in [0.3, 0.4) is 0 Å². The fourth-order valence-electron chi connectivity index (χ4n) is 4.28. The lowest BCUT2D eigenvalue weighted by atomic mass is 10.1. The fraction of sp³-hybridized carbons (Fsp3) is 0.448. The molecule has 0 atom stereocenters. The van der Waals surface area contributed by atoms with E-state index in [1.807, 2.05) is 25.1 Å². The monoisotopic (exact) mass is 478 g/mol. The number of likely N-dealkylation sites (tertiary alicyclic amines) is 1. The second kappa shape index (κ2) is 13.5. The van der Waals surface area contributed by atoms with Crippen LogP contribution in [0.25, 0.3) is 11.5 Å². The normalized spacial score (nSPS) is 14.0. The largest absolute Gasteiger partial charge is 0.441 e. The van der Waals surface area contributed by atoms with Gasteiger partial charge < -0.3 is 4.42 Å². The molecule has 1 aliphatic rings. The Labute approximate surface area is 209 Å². The summed E-state index contributed by atoms with van der Waals surface area (Å²) in [4.78, 5) is 19.5. The van der Waals surface area contributed by atoms with Crippen LogP contribution >= 0.6 is 11.8 Å². The third-order valence-electron chi connectivity index (χ3n) is 6.21. The zero-order valence-corrected chi connectivity index (χ0v) is 20.4. The first-order chi connectivity index (χ1) is 16.2. The molecule has 2 heterocycles. The van der Waals surface area contributed by atoms with E-state index in [1.54, 1.807) is 11.8 Å². The molecule has 0 radical (unpaired) electrons. The number of aryl methyl sites for hydroxylation is 2. The van der Waals surface area contributed by atoms with Crippen LogP contribution in [0.2, 0.25) is 0 Å². The van der Waals surface area contributed by atoms with Crippen molar-refractivity contribution in [1.82, 2.24) is 9.88 Å². The van der Waals surface area contributed by atoms with Gasteiger partial charge in [0.1, 0.15) is 11.5 Å². The van der Waals surface area contributed by atoms with Crippen LogP contribution in [0.1, 0.15) is 62.1 Å². The minimum absolute atomic E-state index is 0. The molecule has 2 aromatic carbocycles. The predicted octanol–water partition coefficient (Wildman–Crippen LogP) is 7.10. The van der Waals surface area contributed by atoms with Crippen molar-refractivity contribution in [1.29, 1.82) is 0 Å². The second-order valence-electron chi connectivity index (χ2n) is 8.93. The minimum atomic E-state index is 0. The Balaban J connectivity index is 0.00000324. The molecule has 4 nitrogen and oxygen atoms in total. The van der Waals surface area contributed by atoms with E-state index in [1.165, 1.54) is 43.5 Å². The van der Waals surface area contributed by atoms with Gasteiger partial charge in [-0.25, -0.2) is 4.98 Å². The number of thioether (sulfide) groups is 1. The molecule has 1 aromatic heterocycles. The number of ketones is 1. The number of benzene rings is 2. The zero-order valence-electron chi connectivity index (χ0n) is 19.6. The van der Waals surface area contributed by atoms with Gasteiger partial charge >= 0.3 is 0 Å². The average Bonchev–Trinajstić information content (AvgIpc) is 3.21. The Morgan fingerprint density at radius 1 is 1.00 bits per heavy atom. The number of carbonyl (C=O) groups excluding carboxylic acids is 1. The van der Waals surface area contributed by atoms with Gasteiger partial charge in [-0.3, -0.25) is 9.69 Å². The Morgan fingerprint density at radius 3 is 2.47 bits per heavy atom. The summed E-state index contributed by atoms with van der Waals surface area (Å²) in [5.74, 6) is 3.05. The summed E-state index contributed by atoms with van der Waals surface area (Å²) in [6.07, 6.45) is 6.49. The van der Waals surface area contributed by atoms with E-state index in [0.29, 0.717) is 29.6 Å². The summed E-state index contributed by atoms with van der Waals surface area (Å²) in [6.45, 7) is 5.39. The molecule has 0 bridgehead atoms. The van der Waals surface area contributed by atoms with Gasteiger partial charge in [0.15, 0.2) is 0 Å². The highest BCUT2D eigenvalue weighted by molar-refractivity contribution is 7.99. The maximum absolute atomic E-state index is 12.2. The third-order valence-corrected chi connectivity index (χ3v) is 7.22. The number of hydrogen-bond donors (Lipinski definition) is 0. The van der Waals surface area contributed by atoms with E-state index in [2.05, 4.69) is 41.3 Å². The molecule has 1 aliphatic heterocycles. The van der Waals surface area contributed by atoms with Crippen LogP contribution in [0, 0.1) is 6.92 Å². The molecule has 3 aromatic rings. The Morgan fingerprint density at radius 2 is 1.74 bits per heavy atom. The molecule has 1 saturated heterocycles. The number of rotatable bonds is 11. The average molecular weight is 479 g/mol. The first-order valence-corrected chi connectivity index (χ1v) is 13.2. The summed E-state index contributed by atoms with van der Waals surface area (Å²) in [5, 5.41) is 0. The molecule has 0 unspecified atom stereocenters. The molecule has 0 aliphatic carbocycles. The third kappa shape index (κ3) is 7.85. The smallest absolute Gasteiger partial charge is 0.226 e. The number of oxazole rings is 1. The van der Waals surface area contributed by atoms with E-state index in [9.17, 15) is 4.79 Å². The van der Waals surface area contributed by atoms with Crippen molar-refractivity contribution in [2.24, 2.45) is 0 Å². The molecule has 4 rings (SSSR count). The number of aromatic nitrogens is 1. The SMILES string of the molecule is C.Cc1oc(-c2ccc(CN3CCCCC3)cc2)nc1CSCC(=O)CCCc1ccccc1. The molecule has 34 heavy (non-hydrogen) atoms. The van der Waals surface area contributed by atoms with Crippen molar-refractivity contribution >= 4 is 17.5 Å². The molecular weight excluding hydrogens is 440 g/mol. The Bertz CT molecular complexity index is 1010. The molecule has 0 N–H and O–H groups in total. The molecule has 0 amide bonds. The summed E-state index contributed by atoms with van der Waals surface area (Å²) >= 11 is 1.63. The van der Waals surface area contributed by atoms with Gasteiger partial charge in [0.25, 0.3) is 0 Å². The molecule has 0 spiro atoms. The number of Topliss-reactive ketones (excluding diaryl/α,β-unsaturated/α-hetero) is 1. The van der Waals surface area contributed by atoms with Gasteiger partial charge in [-0.1, -0.05) is 56.3 Å². The lowest BCUT2D eigenvalue weighted by molar-refractivity contribution is -0.116. The Hall–Kier alpha value is -2.37. The number of hydrogen-bond acceptors (Lipinski definition) is 5. The highest BCUT2D eigenvalue weighted by Gasteiger charge is 2.14. The fourth-order valence-corrected chi connectivity index (χ4v) is 5.22. The predicted molar refractivity (Wildman–Crippen MR) is 143 cm³/mol. The van der Waals surface area contributed by atoms with Crippen LogP contribution in [0.4, 0.5) is 0 Å². The van der Waals surface area contributed by atoms with Gasteiger partial charge in [0.05, 0.1) is 11.4 Å². The highest BCUT2D eigenvalue weighted by atomic mass is 32.2. The lowest BCUT2D eigenvalue weighted by Gasteiger charge is -2.26.